The first-order valence-corrected chi connectivity index (χ1v) is 7.92. The standard InChI is InChI=1S/C16H33NO/c1-4-5-6-7-8-9-12-18-15-10-11-16(2,3)13-14(15)17/h14-15H,4-13,17H2,1-3H3. The second-order valence-electron chi connectivity index (χ2n) is 6.75. The predicted octanol–water partition coefficient (Wildman–Crippen LogP) is 4.27. The summed E-state index contributed by atoms with van der Waals surface area (Å²) in [6.45, 7) is 7.80. The van der Waals surface area contributed by atoms with Crippen molar-refractivity contribution in [3.63, 3.8) is 0 Å². The quantitative estimate of drug-likeness (QED) is 0.657. The summed E-state index contributed by atoms with van der Waals surface area (Å²) in [5.41, 5.74) is 6.63. The first kappa shape index (κ1) is 16.0. The average Bonchev–Trinajstić information content (AvgIpc) is 2.29. The van der Waals surface area contributed by atoms with E-state index < -0.39 is 0 Å². The van der Waals surface area contributed by atoms with Crippen molar-refractivity contribution in [2.75, 3.05) is 6.61 Å². The van der Waals surface area contributed by atoms with E-state index in [0.717, 1.165) is 19.4 Å². The first-order chi connectivity index (χ1) is 8.55. The average molecular weight is 255 g/mol. The molecule has 0 aromatic carbocycles. The largest absolute Gasteiger partial charge is 0.377 e. The molecule has 1 fully saturated rings. The van der Waals surface area contributed by atoms with E-state index in [-0.39, 0.29) is 6.04 Å². The SMILES string of the molecule is CCCCCCCCOC1CCC(C)(C)CC1N. The second kappa shape index (κ2) is 8.16. The Morgan fingerprint density at radius 2 is 1.78 bits per heavy atom. The summed E-state index contributed by atoms with van der Waals surface area (Å²) in [4.78, 5) is 0. The molecule has 18 heavy (non-hydrogen) atoms. The van der Waals surface area contributed by atoms with Gasteiger partial charge in [0.25, 0.3) is 0 Å². The lowest BCUT2D eigenvalue weighted by atomic mass is 9.74. The highest BCUT2D eigenvalue weighted by atomic mass is 16.5. The molecule has 0 spiro atoms. The molecule has 0 saturated heterocycles. The molecule has 108 valence electrons. The third-order valence-electron chi connectivity index (χ3n) is 4.20. The van der Waals surface area contributed by atoms with Crippen LogP contribution in [0.5, 0.6) is 0 Å². The van der Waals surface area contributed by atoms with Crippen LogP contribution < -0.4 is 5.73 Å². The number of nitrogens with two attached hydrogens (primary N) is 1. The summed E-state index contributed by atoms with van der Waals surface area (Å²) in [5.74, 6) is 0. The summed E-state index contributed by atoms with van der Waals surface area (Å²) < 4.78 is 5.97. The molecule has 2 heteroatoms. The van der Waals surface area contributed by atoms with E-state index >= 15 is 0 Å². The van der Waals surface area contributed by atoms with Gasteiger partial charge in [0.2, 0.25) is 0 Å². The maximum Gasteiger partial charge on any atom is 0.0726 e. The molecule has 1 rings (SSSR count). The maximum absolute atomic E-state index is 6.21. The zero-order chi connectivity index (χ0) is 13.4. The Balaban J connectivity index is 2.02. The highest BCUT2D eigenvalue weighted by Crippen LogP contribution is 2.35. The van der Waals surface area contributed by atoms with Crippen molar-refractivity contribution in [3.05, 3.63) is 0 Å². The molecule has 0 amide bonds. The Morgan fingerprint density at radius 3 is 2.44 bits per heavy atom. The van der Waals surface area contributed by atoms with Crippen molar-refractivity contribution in [2.45, 2.75) is 90.7 Å². The number of hydrogen-bond donors (Lipinski definition) is 1. The molecule has 1 saturated carbocycles. The number of rotatable bonds is 8. The predicted molar refractivity (Wildman–Crippen MR) is 78.7 cm³/mol. The molecule has 1 aliphatic rings. The molecule has 0 heterocycles. The summed E-state index contributed by atoms with van der Waals surface area (Å²) in [5, 5.41) is 0. The Morgan fingerprint density at radius 1 is 1.11 bits per heavy atom. The van der Waals surface area contributed by atoms with Gasteiger partial charge in [-0.1, -0.05) is 52.9 Å². The summed E-state index contributed by atoms with van der Waals surface area (Å²) >= 11 is 0. The molecule has 0 aromatic rings. The number of ether oxygens (including phenoxy) is 1. The minimum Gasteiger partial charge on any atom is -0.377 e. The molecule has 1 aliphatic carbocycles. The Kier molecular flexibility index (Phi) is 7.25. The monoisotopic (exact) mass is 255 g/mol. The Hall–Kier alpha value is -0.0800. The van der Waals surface area contributed by atoms with Gasteiger partial charge >= 0.3 is 0 Å². The van der Waals surface area contributed by atoms with Crippen LogP contribution in [0.4, 0.5) is 0 Å². The topological polar surface area (TPSA) is 35.2 Å². The van der Waals surface area contributed by atoms with Gasteiger partial charge in [-0.15, -0.1) is 0 Å². The van der Waals surface area contributed by atoms with Crippen molar-refractivity contribution in [1.29, 1.82) is 0 Å². The van der Waals surface area contributed by atoms with Gasteiger partial charge in [-0.2, -0.15) is 0 Å². The Bertz CT molecular complexity index is 215. The smallest absolute Gasteiger partial charge is 0.0726 e. The van der Waals surface area contributed by atoms with E-state index in [9.17, 15) is 0 Å². The van der Waals surface area contributed by atoms with E-state index in [2.05, 4.69) is 20.8 Å². The lowest BCUT2D eigenvalue weighted by Gasteiger charge is -2.38. The fourth-order valence-corrected chi connectivity index (χ4v) is 2.94. The number of hydrogen-bond acceptors (Lipinski definition) is 2. The molecule has 0 aliphatic heterocycles. The van der Waals surface area contributed by atoms with Crippen LogP contribution in [0.2, 0.25) is 0 Å². The van der Waals surface area contributed by atoms with Crippen LogP contribution in [0.3, 0.4) is 0 Å². The molecule has 2 nitrogen and oxygen atoms in total. The van der Waals surface area contributed by atoms with Crippen LogP contribution in [0.15, 0.2) is 0 Å². The molecule has 2 N–H and O–H groups in total. The molecule has 0 radical (unpaired) electrons. The van der Waals surface area contributed by atoms with Crippen LogP contribution >= 0.6 is 0 Å². The van der Waals surface area contributed by atoms with E-state index in [1.807, 2.05) is 0 Å². The van der Waals surface area contributed by atoms with Gasteiger partial charge in [-0.25, -0.2) is 0 Å². The van der Waals surface area contributed by atoms with Crippen molar-refractivity contribution in [1.82, 2.24) is 0 Å². The maximum atomic E-state index is 6.21. The molecule has 0 aromatic heterocycles. The molecule has 2 unspecified atom stereocenters. The van der Waals surface area contributed by atoms with Gasteiger partial charge in [0, 0.05) is 12.6 Å². The van der Waals surface area contributed by atoms with E-state index in [1.165, 1.54) is 44.9 Å². The molecular weight excluding hydrogens is 222 g/mol. The lowest BCUT2D eigenvalue weighted by molar-refractivity contribution is -0.0115. The van der Waals surface area contributed by atoms with Crippen molar-refractivity contribution >= 4 is 0 Å². The molecule has 0 bridgehead atoms. The van der Waals surface area contributed by atoms with Crippen LogP contribution in [0.25, 0.3) is 0 Å². The highest BCUT2D eigenvalue weighted by Gasteiger charge is 2.33. The van der Waals surface area contributed by atoms with Crippen molar-refractivity contribution in [2.24, 2.45) is 11.1 Å². The minimum atomic E-state index is 0.244. The first-order valence-electron chi connectivity index (χ1n) is 7.92. The van der Waals surface area contributed by atoms with Crippen LogP contribution in [-0.4, -0.2) is 18.8 Å². The summed E-state index contributed by atoms with van der Waals surface area (Å²) in [7, 11) is 0. The van der Waals surface area contributed by atoms with Gasteiger partial charge in [-0.05, 0) is 31.1 Å². The van der Waals surface area contributed by atoms with E-state index in [0.29, 0.717) is 11.5 Å². The van der Waals surface area contributed by atoms with Gasteiger partial charge in [0.15, 0.2) is 0 Å². The van der Waals surface area contributed by atoms with Crippen LogP contribution in [-0.2, 0) is 4.74 Å². The fourth-order valence-electron chi connectivity index (χ4n) is 2.94. The normalized spacial score (nSPS) is 27.3. The summed E-state index contributed by atoms with van der Waals surface area (Å²) in [6, 6.07) is 0.244. The minimum absolute atomic E-state index is 0.244. The lowest BCUT2D eigenvalue weighted by Crippen LogP contribution is -2.44. The van der Waals surface area contributed by atoms with E-state index in [1.54, 1.807) is 0 Å². The van der Waals surface area contributed by atoms with Gasteiger partial charge in [0.05, 0.1) is 6.10 Å². The van der Waals surface area contributed by atoms with Gasteiger partial charge < -0.3 is 10.5 Å². The summed E-state index contributed by atoms with van der Waals surface area (Å²) in [6.07, 6.45) is 11.8. The zero-order valence-corrected chi connectivity index (χ0v) is 12.7. The Labute approximate surface area is 114 Å². The molecule has 2 atom stereocenters. The van der Waals surface area contributed by atoms with Gasteiger partial charge in [-0.3, -0.25) is 0 Å². The third-order valence-corrected chi connectivity index (χ3v) is 4.20. The van der Waals surface area contributed by atoms with E-state index in [4.69, 9.17) is 10.5 Å². The van der Waals surface area contributed by atoms with Gasteiger partial charge in [0.1, 0.15) is 0 Å². The second-order valence-corrected chi connectivity index (χ2v) is 6.75. The van der Waals surface area contributed by atoms with Crippen LogP contribution in [0.1, 0.15) is 78.6 Å². The van der Waals surface area contributed by atoms with Crippen LogP contribution in [0, 0.1) is 5.41 Å². The van der Waals surface area contributed by atoms with Crippen molar-refractivity contribution in [3.8, 4) is 0 Å². The molecular formula is C16H33NO. The number of unbranched alkanes of at least 4 members (excludes halogenated alkanes) is 5. The zero-order valence-electron chi connectivity index (χ0n) is 12.7. The van der Waals surface area contributed by atoms with Crippen molar-refractivity contribution < 1.29 is 4.74 Å². The highest BCUT2D eigenvalue weighted by molar-refractivity contribution is 4.87. The fraction of sp³-hybridized carbons (Fsp3) is 1.00. The third kappa shape index (κ3) is 6.19.